The second kappa shape index (κ2) is 8.16. The predicted octanol–water partition coefficient (Wildman–Crippen LogP) is 3.85. The van der Waals surface area contributed by atoms with Crippen LogP contribution in [0, 0.1) is 17.8 Å². The predicted molar refractivity (Wildman–Crippen MR) is 78.8 cm³/mol. The van der Waals surface area contributed by atoms with Gasteiger partial charge in [0.25, 0.3) is 0 Å². The van der Waals surface area contributed by atoms with Crippen molar-refractivity contribution < 1.29 is 4.74 Å². The van der Waals surface area contributed by atoms with Crippen molar-refractivity contribution in [1.82, 2.24) is 5.32 Å². The van der Waals surface area contributed by atoms with E-state index < -0.39 is 0 Å². The Morgan fingerprint density at radius 2 is 1.83 bits per heavy atom. The van der Waals surface area contributed by atoms with E-state index in [9.17, 15) is 0 Å². The molecule has 0 bridgehead atoms. The molecule has 1 N–H and O–H groups in total. The molecule has 1 aliphatic carbocycles. The van der Waals surface area contributed by atoms with Crippen LogP contribution < -0.4 is 5.32 Å². The van der Waals surface area contributed by atoms with Gasteiger partial charge in [-0.15, -0.1) is 0 Å². The fourth-order valence-corrected chi connectivity index (χ4v) is 3.44. The maximum absolute atomic E-state index is 5.96. The maximum atomic E-state index is 5.96. The van der Waals surface area contributed by atoms with Crippen molar-refractivity contribution in [2.24, 2.45) is 17.8 Å². The standard InChI is InChI=1S/C16H33NO/c1-6-15(18-8-3)16(17-7-2)14-10-9-12(4)13(5)11-14/h12-17H,6-11H2,1-5H3. The summed E-state index contributed by atoms with van der Waals surface area (Å²) in [6.45, 7) is 13.3. The van der Waals surface area contributed by atoms with Crippen molar-refractivity contribution in [3.05, 3.63) is 0 Å². The van der Waals surface area contributed by atoms with E-state index in [0.29, 0.717) is 12.1 Å². The topological polar surface area (TPSA) is 21.3 Å². The summed E-state index contributed by atoms with van der Waals surface area (Å²) in [4.78, 5) is 0. The average Bonchev–Trinajstić information content (AvgIpc) is 2.37. The lowest BCUT2D eigenvalue weighted by Gasteiger charge is -2.40. The van der Waals surface area contributed by atoms with E-state index in [2.05, 4.69) is 39.9 Å². The SMILES string of the molecule is CCNC(C1CCC(C)C(C)C1)C(CC)OCC. The third-order valence-corrected chi connectivity index (χ3v) is 4.77. The molecule has 0 saturated heterocycles. The third-order valence-electron chi connectivity index (χ3n) is 4.77. The number of hydrogen-bond acceptors (Lipinski definition) is 2. The van der Waals surface area contributed by atoms with Gasteiger partial charge in [0.05, 0.1) is 6.10 Å². The van der Waals surface area contributed by atoms with Crippen LogP contribution in [0.25, 0.3) is 0 Å². The number of nitrogens with one attached hydrogen (secondary N) is 1. The Kier molecular flexibility index (Phi) is 7.25. The van der Waals surface area contributed by atoms with Crippen molar-refractivity contribution >= 4 is 0 Å². The van der Waals surface area contributed by atoms with Crippen molar-refractivity contribution in [3.8, 4) is 0 Å². The molecular formula is C16H33NO. The molecule has 0 aromatic heterocycles. The van der Waals surface area contributed by atoms with Gasteiger partial charge in [-0.3, -0.25) is 0 Å². The number of ether oxygens (including phenoxy) is 1. The minimum Gasteiger partial charge on any atom is -0.377 e. The van der Waals surface area contributed by atoms with Gasteiger partial charge in [0.2, 0.25) is 0 Å². The van der Waals surface area contributed by atoms with Crippen LogP contribution in [0.3, 0.4) is 0 Å². The molecule has 1 saturated carbocycles. The summed E-state index contributed by atoms with van der Waals surface area (Å²) in [6.07, 6.45) is 5.62. The summed E-state index contributed by atoms with van der Waals surface area (Å²) >= 11 is 0. The van der Waals surface area contributed by atoms with Crippen LogP contribution in [0.4, 0.5) is 0 Å². The fourth-order valence-electron chi connectivity index (χ4n) is 3.44. The monoisotopic (exact) mass is 255 g/mol. The molecule has 1 aliphatic rings. The number of rotatable bonds is 7. The minimum absolute atomic E-state index is 0.389. The van der Waals surface area contributed by atoms with Crippen LogP contribution in [0.1, 0.15) is 60.3 Å². The van der Waals surface area contributed by atoms with Gasteiger partial charge >= 0.3 is 0 Å². The Bertz CT molecular complexity index is 219. The highest BCUT2D eigenvalue weighted by Crippen LogP contribution is 2.36. The van der Waals surface area contributed by atoms with Crippen LogP contribution in [0.5, 0.6) is 0 Å². The Balaban J connectivity index is 2.65. The van der Waals surface area contributed by atoms with E-state index >= 15 is 0 Å². The third kappa shape index (κ3) is 4.24. The molecule has 0 heterocycles. The second-order valence-corrected chi connectivity index (χ2v) is 6.01. The van der Waals surface area contributed by atoms with E-state index in [1.54, 1.807) is 0 Å². The Hall–Kier alpha value is -0.0800. The molecule has 0 aromatic carbocycles. The first kappa shape index (κ1) is 16.0. The van der Waals surface area contributed by atoms with Crippen molar-refractivity contribution in [3.63, 3.8) is 0 Å². The zero-order valence-corrected chi connectivity index (χ0v) is 13.0. The molecule has 108 valence electrons. The lowest BCUT2D eigenvalue weighted by Crippen LogP contribution is -2.48. The largest absolute Gasteiger partial charge is 0.377 e. The van der Waals surface area contributed by atoms with Gasteiger partial charge in [-0.25, -0.2) is 0 Å². The fraction of sp³-hybridized carbons (Fsp3) is 1.00. The quantitative estimate of drug-likeness (QED) is 0.746. The molecule has 0 spiro atoms. The number of hydrogen-bond donors (Lipinski definition) is 1. The Morgan fingerprint density at radius 3 is 2.33 bits per heavy atom. The van der Waals surface area contributed by atoms with Crippen molar-refractivity contribution in [2.75, 3.05) is 13.2 Å². The summed E-state index contributed by atoms with van der Waals surface area (Å²) in [6, 6.07) is 0.551. The molecule has 2 nitrogen and oxygen atoms in total. The molecule has 0 aliphatic heterocycles. The smallest absolute Gasteiger partial charge is 0.0727 e. The van der Waals surface area contributed by atoms with E-state index in [0.717, 1.165) is 37.3 Å². The molecule has 0 amide bonds. The van der Waals surface area contributed by atoms with Gasteiger partial charge in [0.15, 0.2) is 0 Å². The minimum atomic E-state index is 0.389. The zero-order chi connectivity index (χ0) is 13.5. The van der Waals surface area contributed by atoms with Crippen LogP contribution in [0.2, 0.25) is 0 Å². The first-order chi connectivity index (χ1) is 8.63. The second-order valence-electron chi connectivity index (χ2n) is 6.01. The Labute approximate surface area is 114 Å². The van der Waals surface area contributed by atoms with Crippen molar-refractivity contribution in [2.45, 2.75) is 72.4 Å². The lowest BCUT2D eigenvalue weighted by atomic mass is 9.72. The van der Waals surface area contributed by atoms with E-state index in [4.69, 9.17) is 4.74 Å². The van der Waals surface area contributed by atoms with Crippen molar-refractivity contribution in [1.29, 1.82) is 0 Å². The summed E-state index contributed by atoms with van der Waals surface area (Å²) in [5.41, 5.74) is 0. The summed E-state index contributed by atoms with van der Waals surface area (Å²) in [5.74, 6) is 2.56. The van der Waals surface area contributed by atoms with Gasteiger partial charge in [-0.05, 0) is 50.5 Å². The van der Waals surface area contributed by atoms with Gasteiger partial charge in [0.1, 0.15) is 0 Å². The molecule has 1 fully saturated rings. The van der Waals surface area contributed by atoms with Gasteiger partial charge in [0, 0.05) is 12.6 Å². The molecule has 0 radical (unpaired) electrons. The normalized spacial score (nSPS) is 32.2. The van der Waals surface area contributed by atoms with Crippen LogP contribution >= 0.6 is 0 Å². The number of likely N-dealkylation sites (N-methyl/N-ethyl adjacent to an activating group) is 1. The molecule has 18 heavy (non-hydrogen) atoms. The van der Waals surface area contributed by atoms with E-state index in [1.807, 2.05) is 0 Å². The summed E-state index contributed by atoms with van der Waals surface area (Å²) in [5, 5.41) is 3.70. The highest BCUT2D eigenvalue weighted by atomic mass is 16.5. The average molecular weight is 255 g/mol. The van der Waals surface area contributed by atoms with Crippen LogP contribution in [0.15, 0.2) is 0 Å². The van der Waals surface area contributed by atoms with Gasteiger partial charge in [-0.1, -0.05) is 34.1 Å². The Morgan fingerprint density at radius 1 is 1.11 bits per heavy atom. The summed E-state index contributed by atoms with van der Waals surface area (Å²) < 4.78 is 5.96. The molecule has 5 unspecified atom stereocenters. The zero-order valence-electron chi connectivity index (χ0n) is 13.0. The first-order valence-electron chi connectivity index (χ1n) is 7.98. The lowest BCUT2D eigenvalue weighted by molar-refractivity contribution is 0.00258. The molecule has 5 atom stereocenters. The highest BCUT2D eigenvalue weighted by Gasteiger charge is 2.33. The molecule has 0 aromatic rings. The first-order valence-corrected chi connectivity index (χ1v) is 7.98. The molecular weight excluding hydrogens is 222 g/mol. The molecule has 1 rings (SSSR count). The van der Waals surface area contributed by atoms with E-state index in [1.165, 1.54) is 19.3 Å². The highest BCUT2D eigenvalue weighted by molar-refractivity contribution is 4.88. The van der Waals surface area contributed by atoms with Gasteiger partial charge < -0.3 is 10.1 Å². The summed E-state index contributed by atoms with van der Waals surface area (Å²) in [7, 11) is 0. The maximum Gasteiger partial charge on any atom is 0.0727 e. The van der Waals surface area contributed by atoms with E-state index in [-0.39, 0.29) is 0 Å². The van der Waals surface area contributed by atoms with Gasteiger partial charge in [-0.2, -0.15) is 0 Å². The van der Waals surface area contributed by atoms with Crippen LogP contribution in [-0.2, 0) is 4.74 Å². The molecule has 2 heteroatoms. The van der Waals surface area contributed by atoms with Crippen LogP contribution in [-0.4, -0.2) is 25.3 Å².